The summed E-state index contributed by atoms with van der Waals surface area (Å²) < 4.78 is 5.05. The van der Waals surface area contributed by atoms with E-state index in [0.29, 0.717) is 41.9 Å². The van der Waals surface area contributed by atoms with Crippen LogP contribution in [0.25, 0.3) is 0 Å². The summed E-state index contributed by atoms with van der Waals surface area (Å²) in [5, 5.41) is 21.8. The third-order valence-corrected chi connectivity index (χ3v) is 10.6. The summed E-state index contributed by atoms with van der Waals surface area (Å²) in [6.45, 7) is 7.12. The SMILES string of the molecule is C#CCOC(=O)CC[C@@H](C)[C@H]1CC[C@H]2[C@@H]3CC[C@@H]4C[C@H](O)CC[C@]4(C)[C@H]3C[C@H](O)[C@]12C. The van der Waals surface area contributed by atoms with E-state index < -0.39 is 0 Å². The topological polar surface area (TPSA) is 66.8 Å². The number of esters is 1. The molecule has 0 amide bonds. The van der Waals surface area contributed by atoms with E-state index in [1.807, 2.05) is 0 Å². The van der Waals surface area contributed by atoms with E-state index in [1.54, 1.807) is 0 Å². The van der Waals surface area contributed by atoms with Gasteiger partial charge in [-0.2, -0.15) is 0 Å². The molecule has 0 aromatic carbocycles. The Morgan fingerprint density at radius 2 is 1.90 bits per heavy atom. The molecule has 4 aliphatic rings. The lowest BCUT2D eigenvalue weighted by molar-refractivity contribution is -0.175. The van der Waals surface area contributed by atoms with Crippen molar-refractivity contribution < 1.29 is 19.7 Å². The molecule has 174 valence electrons. The summed E-state index contributed by atoms with van der Waals surface area (Å²) in [6, 6.07) is 0. The maximum atomic E-state index is 11.9. The highest BCUT2D eigenvalue weighted by Gasteiger charge is 2.63. The fourth-order valence-corrected chi connectivity index (χ4v) is 8.90. The number of fused-ring (bicyclic) bond motifs is 5. The van der Waals surface area contributed by atoms with E-state index in [-0.39, 0.29) is 35.6 Å². The molecule has 4 aliphatic carbocycles. The molecule has 4 heteroatoms. The summed E-state index contributed by atoms with van der Waals surface area (Å²) >= 11 is 0. The molecule has 0 aromatic heterocycles. The number of rotatable bonds is 5. The molecule has 0 aromatic rings. The van der Waals surface area contributed by atoms with E-state index in [9.17, 15) is 15.0 Å². The first kappa shape index (κ1) is 23.1. The van der Waals surface area contributed by atoms with Crippen molar-refractivity contribution in [1.82, 2.24) is 0 Å². The minimum atomic E-state index is -0.274. The lowest BCUT2D eigenvalue weighted by Gasteiger charge is -2.62. The second-order valence-electron chi connectivity index (χ2n) is 11.8. The van der Waals surface area contributed by atoms with Crippen LogP contribution in [0.1, 0.15) is 85.0 Å². The predicted octanol–water partition coefficient (Wildman–Crippen LogP) is 4.57. The monoisotopic (exact) mass is 430 g/mol. The molecule has 0 aliphatic heterocycles. The molecule has 4 rings (SSSR count). The van der Waals surface area contributed by atoms with E-state index in [4.69, 9.17) is 11.2 Å². The third-order valence-electron chi connectivity index (χ3n) is 10.6. The first-order chi connectivity index (χ1) is 14.7. The number of ether oxygens (including phenoxy) is 1. The lowest BCUT2D eigenvalue weighted by Crippen LogP contribution is -2.58. The van der Waals surface area contributed by atoms with Gasteiger partial charge in [-0.15, -0.1) is 6.42 Å². The first-order valence-corrected chi connectivity index (χ1v) is 12.7. The van der Waals surface area contributed by atoms with Crippen molar-refractivity contribution in [2.24, 2.45) is 46.3 Å². The molecule has 2 N–H and O–H groups in total. The molecule has 0 spiro atoms. The van der Waals surface area contributed by atoms with Crippen LogP contribution in [-0.4, -0.2) is 35.0 Å². The van der Waals surface area contributed by atoms with Crippen LogP contribution in [0.2, 0.25) is 0 Å². The van der Waals surface area contributed by atoms with Gasteiger partial charge >= 0.3 is 5.97 Å². The van der Waals surface area contributed by atoms with Gasteiger partial charge in [0.15, 0.2) is 6.61 Å². The number of aliphatic hydroxyl groups is 2. The highest BCUT2D eigenvalue weighted by Crippen LogP contribution is 2.68. The molecule has 0 radical (unpaired) electrons. The van der Waals surface area contributed by atoms with E-state index in [0.717, 1.165) is 38.5 Å². The van der Waals surface area contributed by atoms with Crippen LogP contribution in [0.5, 0.6) is 0 Å². The maximum absolute atomic E-state index is 11.9. The van der Waals surface area contributed by atoms with Crippen LogP contribution in [0.4, 0.5) is 0 Å². The zero-order valence-electron chi connectivity index (χ0n) is 19.7. The zero-order valence-corrected chi connectivity index (χ0v) is 19.7. The molecule has 10 atom stereocenters. The van der Waals surface area contributed by atoms with Gasteiger partial charge in [0.2, 0.25) is 0 Å². The Morgan fingerprint density at radius 1 is 1.13 bits per heavy atom. The average molecular weight is 431 g/mol. The number of hydrogen-bond acceptors (Lipinski definition) is 4. The number of hydrogen-bond donors (Lipinski definition) is 2. The number of terminal acetylenes is 1. The van der Waals surface area contributed by atoms with Gasteiger partial charge in [0.1, 0.15) is 0 Å². The second-order valence-corrected chi connectivity index (χ2v) is 11.8. The average Bonchev–Trinajstić information content (AvgIpc) is 3.10. The Kier molecular flexibility index (Phi) is 6.50. The fraction of sp³-hybridized carbons (Fsp3) is 0.889. The van der Waals surface area contributed by atoms with E-state index in [2.05, 4.69) is 26.7 Å². The second kappa shape index (κ2) is 8.71. The van der Waals surface area contributed by atoms with Crippen LogP contribution in [0, 0.1) is 58.7 Å². The predicted molar refractivity (Wildman–Crippen MR) is 121 cm³/mol. The third kappa shape index (κ3) is 3.84. The smallest absolute Gasteiger partial charge is 0.306 e. The Bertz CT molecular complexity index is 713. The van der Waals surface area contributed by atoms with Crippen molar-refractivity contribution >= 4 is 5.97 Å². The Balaban J connectivity index is 1.47. The number of carbonyl (C=O) groups excluding carboxylic acids is 1. The highest BCUT2D eigenvalue weighted by atomic mass is 16.5. The Morgan fingerprint density at radius 3 is 2.65 bits per heavy atom. The normalized spacial score (nSPS) is 47.4. The van der Waals surface area contributed by atoms with Gasteiger partial charge in [-0.1, -0.05) is 26.7 Å². The molecular weight excluding hydrogens is 388 g/mol. The van der Waals surface area contributed by atoms with Gasteiger partial charge in [0, 0.05) is 6.42 Å². The zero-order chi connectivity index (χ0) is 22.4. The summed E-state index contributed by atoms with van der Waals surface area (Å²) in [7, 11) is 0. The van der Waals surface area contributed by atoms with Crippen LogP contribution in [0.3, 0.4) is 0 Å². The van der Waals surface area contributed by atoms with Gasteiger partial charge in [-0.05, 0) is 104 Å². The largest absolute Gasteiger partial charge is 0.452 e. The molecular formula is C27H42O4. The molecule has 4 fully saturated rings. The molecule has 0 bridgehead atoms. The highest BCUT2D eigenvalue weighted by molar-refractivity contribution is 5.69. The summed E-state index contributed by atoms with van der Waals surface area (Å²) in [5.74, 6) is 5.45. The van der Waals surface area contributed by atoms with E-state index in [1.165, 1.54) is 19.3 Å². The summed E-state index contributed by atoms with van der Waals surface area (Å²) in [4.78, 5) is 11.9. The van der Waals surface area contributed by atoms with Gasteiger partial charge < -0.3 is 14.9 Å². The Labute approximate surface area is 188 Å². The van der Waals surface area contributed by atoms with Gasteiger partial charge in [0.05, 0.1) is 12.2 Å². The minimum absolute atomic E-state index is 0.0506. The van der Waals surface area contributed by atoms with Crippen molar-refractivity contribution in [3.05, 3.63) is 0 Å². The van der Waals surface area contributed by atoms with Crippen molar-refractivity contribution in [3.8, 4) is 12.3 Å². The van der Waals surface area contributed by atoms with Crippen molar-refractivity contribution in [3.63, 3.8) is 0 Å². The summed E-state index contributed by atoms with van der Waals surface area (Å²) in [5.41, 5.74) is 0.218. The van der Waals surface area contributed by atoms with Gasteiger partial charge in [-0.3, -0.25) is 4.79 Å². The van der Waals surface area contributed by atoms with Gasteiger partial charge in [0.25, 0.3) is 0 Å². The molecule has 4 saturated carbocycles. The molecule has 0 heterocycles. The van der Waals surface area contributed by atoms with Crippen molar-refractivity contribution in [2.75, 3.05) is 6.61 Å². The van der Waals surface area contributed by atoms with Crippen molar-refractivity contribution in [1.29, 1.82) is 0 Å². The van der Waals surface area contributed by atoms with Crippen LogP contribution in [-0.2, 0) is 9.53 Å². The first-order valence-electron chi connectivity index (χ1n) is 12.7. The number of aliphatic hydroxyl groups excluding tert-OH is 2. The molecule has 31 heavy (non-hydrogen) atoms. The Hall–Kier alpha value is -1.05. The van der Waals surface area contributed by atoms with Crippen LogP contribution in [0.15, 0.2) is 0 Å². The van der Waals surface area contributed by atoms with Crippen LogP contribution < -0.4 is 0 Å². The van der Waals surface area contributed by atoms with Crippen LogP contribution >= 0.6 is 0 Å². The standard InChI is InChI=1S/C27H42O4/c1-5-14-31-25(30)11-6-17(2)21-9-10-22-20-8-7-18-15-19(28)12-13-26(18,3)23(20)16-24(29)27(21,22)4/h1,17-24,28-29H,6-16H2,2-4H3/t17-,18-,19-,20+,21-,22+,23+,24+,26+,27-/m1/s1. The van der Waals surface area contributed by atoms with Gasteiger partial charge in [-0.25, -0.2) is 0 Å². The molecule has 4 nitrogen and oxygen atoms in total. The minimum Gasteiger partial charge on any atom is -0.452 e. The maximum Gasteiger partial charge on any atom is 0.306 e. The number of carbonyl (C=O) groups is 1. The van der Waals surface area contributed by atoms with E-state index >= 15 is 0 Å². The molecule has 0 unspecified atom stereocenters. The lowest BCUT2D eigenvalue weighted by atomic mass is 9.43. The quantitative estimate of drug-likeness (QED) is 0.495. The summed E-state index contributed by atoms with van der Waals surface area (Å²) in [6.07, 6.45) is 14.7. The molecule has 0 saturated heterocycles. The fourth-order valence-electron chi connectivity index (χ4n) is 8.90. The van der Waals surface area contributed by atoms with Crippen molar-refractivity contribution in [2.45, 2.75) is 97.2 Å².